The fourth-order valence-corrected chi connectivity index (χ4v) is 13.5. The molecule has 34 nitrogen and oxygen atoms in total. The fourth-order valence-electron chi connectivity index (χ4n) is 11.4. The number of rotatable bonds is 29. The summed E-state index contributed by atoms with van der Waals surface area (Å²) in [4.78, 5) is 49.1. The topological polar surface area (TPSA) is 490 Å². The Morgan fingerprint density at radius 2 is 0.917 bits per heavy atom. The summed E-state index contributed by atoms with van der Waals surface area (Å²) in [5.41, 5.74) is 43.5. The Hall–Kier alpha value is -5.90. The summed E-state index contributed by atoms with van der Waals surface area (Å²) in [7, 11) is 3.41. The summed E-state index contributed by atoms with van der Waals surface area (Å²) in [6.07, 6.45) is -3.82. The Morgan fingerprint density at radius 3 is 1.40 bits per heavy atom. The molecule has 5 saturated heterocycles. The number of hydrogen-bond acceptors (Lipinski definition) is 26. The summed E-state index contributed by atoms with van der Waals surface area (Å²) in [6.45, 7) is 21.4. The molecule has 1 aromatic carbocycles. The van der Waals surface area contributed by atoms with E-state index in [2.05, 4.69) is 59.6 Å². The van der Waals surface area contributed by atoms with Crippen LogP contribution < -0.4 is 0 Å². The number of nitrogens with zero attached hydrogens (tertiary/aromatic N) is 15. The van der Waals surface area contributed by atoms with Gasteiger partial charge in [0, 0.05) is 38.6 Å². The van der Waals surface area contributed by atoms with Crippen molar-refractivity contribution in [3.05, 3.63) is 88.1 Å². The van der Waals surface area contributed by atoms with E-state index < -0.39 is 97.8 Å². The number of esters is 3. The van der Waals surface area contributed by atoms with Crippen molar-refractivity contribution >= 4 is 48.7 Å². The number of ether oxygens (including phenoxy) is 11. The van der Waals surface area contributed by atoms with Gasteiger partial charge >= 0.3 is 152 Å². The molecule has 536 valence electrons. The number of hydrogen-bond donors (Lipinski definition) is 4. The van der Waals surface area contributed by atoms with E-state index in [9.17, 15) is 29.7 Å². The normalized spacial score (nSPS) is 34.4. The van der Waals surface area contributed by atoms with Crippen molar-refractivity contribution in [3.63, 3.8) is 0 Å². The summed E-state index contributed by atoms with van der Waals surface area (Å²) in [5, 5.41) is 56.1. The molecule has 0 saturated carbocycles. The molecular weight excluding hydrogens is 1300 g/mol. The first-order chi connectivity index (χ1) is 46.0. The first kappa shape index (κ1) is 84.3. The van der Waals surface area contributed by atoms with Gasteiger partial charge in [-0.25, -0.2) is 4.79 Å². The number of methoxy groups -OCH3 is 2. The van der Waals surface area contributed by atoms with Crippen molar-refractivity contribution in [1.82, 2.24) is 0 Å². The van der Waals surface area contributed by atoms with Crippen LogP contribution in [0.3, 0.4) is 0 Å². The van der Waals surface area contributed by atoms with E-state index in [-0.39, 0.29) is 70.8 Å². The van der Waals surface area contributed by atoms with Gasteiger partial charge in [-0.3, -0.25) is 4.79 Å². The van der Waals surface area contributed by atoms with Crippen LogP contribution in [0, 0.1) is 29.0 Å². The van der Waals surface area contributed by atoms with Crippen molar-refractivity contribution < 1.29 is 86.5 Å². The van der Waals surface area contributed by atoms with Gasteiger partial charge in [-0.1, -0.05) is 86.6 Å². The van der Waals surface area contributed by atoms with Gasteiger partial charge in [0.15, 0.2) is 18.7 Å². The number of carbonyl (C=O) groups is 3. The Morgan fingerprint density at radius 1 is 0.510 bits per heavy atom. The van der Waals surface area contributed by atoms with Gasteiger partial charge in [0.2, 0.25) is 0 Å². The molecule has 10 unspecified atom stereocenters. The number of azide groups is 5. The average molecular weight is 1390 g/mol. The molecule has 25 atom stereocenters. The van der Waals surface area contributed by atoms with Crippen molar-refractivity contribution in [2.75, 3.05) is 38.9 Å². The molecule has 5 aliphatic heterocycles. The summed E-state index contributed by atoms with van der Waals surface area (Å²) in [6, 6.07) is 6.16. The van der Waals surface area contributed by atoms with Crippen LogP contribution in [0.1, 0.15) is 138 Å². The third kappa shape index (κ3) is 26.1. The number of aliphatic hydroxyl groups excluding tert-OH is 3. The van der Waals surface area contributed by atoms with Gasteiger partial charge in [0.05, 0.1) is 73.5 Å². The molecular formula is C59H97BN16O18S2. The van der Waals surface area contributed by atoms with E-state index in [1.54, 1.807) is 68.6 Å². The van der Waals surface area contributed by atoms with E-state index in [0.29, 0.717) is 51.7 Å². The van der Waals surface area contributed by atoms with Crippen LogP contribution in [-0.4, -0.2) is 207 Å². The van der Waals surface area contributed by atoms with Crippen LogP contribution >= 0.6 is 23.5 Å². The number of carbonyl (C=O) groups excluding carboxylic acids is 3. The summed E-state index contributed by atoms with van der Waals surface area (Å²) in [5.74, 6) is -0.150. The average Bonchev–Trinajstić information content (AvgIpc) is 0.825. The van der Waals surface area contributed by atoms with Gasteiger partial charge in [0.25, 0.3) is 0 Å². The molecule has 4 N–H and O–H groups in total. The quantitative estimate of drug-likeness (QED) is 0.0110. The predicted molar refractivity (Wildman–Crippen MR) is 354 cm³/mol. The Bertz CT molecular complexity index is 2760. The van der Waals surface area contributed by atoms with Gasteiger partial charge < -0.3 is 48.1 Å². The van der Waals surface area contributed by atoms with Gasteiger partial charge in [0.1, 0.15) is 17.0 Å². The minimum atomic E-state index is -1.14. The molecule has 6 rings (SSSR count). The fraction of sp³-hybridized carbons (Fsp3) is 0.847. The van der Waals surface area contributed by atoms with Gasteiger partial charge in [-0.2, -0.15) is 0 Å². The zero-order valence-corrected chi connectivity index (χ0v) is 58.5. The van der Waals surface area contributed by atoms with Crippen molar-refractivity contribution in [1.29, 1.82) is 5.31 Å². The molecule has 37 heteroatoms. The van der Waals surface area contributed by atoms with Crippen LogP contribution in [0.5, 0.6) is 0 Å². The monoisotopic (exact) mass is 1390 g/mol. The van der Waals surface area contributed by atoms with Crippen LogP contribution in [0.25, 0.3) is 52.2 Å². The minimum absolute atomic E-state index is 0.0614. The molecule has 1 aromatic rings. The standard InChI is InChI=1S/C23H32N6O5S.C14H25N3O5.C13H23BN4O6.C9H17N3O2S/c1-6-35-23-20(13(3)18(27-29-25)15(5)32-23)34-22-19(12(2)17(26-28-24)14(4)31-22)33-21(30)16-10-8-7-9-11-16;1-9-12(16-17-15)10(2)22-14(13(9)19)21-8-6-4-5-7-11(18)20-3;1-8-10(17-18-16)11(20)12(24-14-15)13(23-8)22-7-5-3-4-6-9(19)21-2;1-4-15-9-8(13)5(2)7(11-12-10)6(3)14-9/h7-15,17-20,22-23H,6H2,1-5H3;9-10,12-14,19H,4-8H2,1-3H3;8,10-13,15,20H,3-7H2,1-2H3;5-9,13H,4H2,1-3H3/t12-,13-,14?,15?,17-,18-,19?,20?,22+,23+;9-,10?,12-,13?,14-;8?,10-,11+,12?,13+;5-,6?,7-,8?,9+/m0010/s1. The maximum absolute atomic E-state index is 12.9. The predicted octanol–water partition coefficient (Wildman–Crippen LogP) is 11.1. The first-order valence-corrected chi connectivity index (χ1v) is 34.3. The zero-order chi connectivity index (χ0) is 71.4. The van der Waals surface area contributed by atoms with E-state index in [0.717, 1.165) is 37.2 Å². The maximum atomic E-state index is 12.9. The number of aliphatic hydroxyl groups is 3. The molecule has 0 aliphatic carbocycles. The van der Waals surface area contributed by atoms with E-state index in [1.807, 2.05) is 61.5 Å². The second kappa shape index (κ2) is 45.6. The number of unbranched alkanes of at least 4 members (excludes halogenated alkanes) is 4. The van der Waals surface area contributed by atoms with Crippen LogP contribution in [-0.2, 0) is 66.3 Å². The van der Waals surface area contributed by atoms with Crippen LogP contribution in [0.4, 0.5) is 0 Å². The molecule has 0 aromatic heterocycles. The van der Waals surface area contributed by atoms with Crippen molar-refractivity contribution in [3.8, 4) is 0 Å². The molecule has 5 heterocycles. The van der Waals surface area contributed by atoms with Crippen molar-refractivity contribution in [2.45, 2.75) is 255 Å². The van der Waals surface area contributed by atoms with Gasteiger partial charge in [-0.15, -0.1) is 23.5 Å². The number of thioether (sulfide) groups is 2. The first-order valence-electron chi connectivity index (χ1n) is 32.2. The molecule has 0 spiro atoms. The van der Waals surface area contributed by atoms with Crippen LogP contribution in [0.2, 0.25) is 0 Å². The third-order valence-electron chi connectivity index (χ3n) is 16.9. The number of nitrogens with one attached hydrogen (secondary N) is 1. The Labute approximate surface area is 569 Å². The Balaban J connectivity index is 0.000000348. The Kier molecular flexibility index (Phi) is 40.1. The second-order valence-corrected chi connectivity index (χ2v) is 26.2. The zero-order valence-electron chi connectivity index (χ0n) is 56.9. The van der Waals surface area contributed by atoms with Crippen molar-refractivity contribution in [2.24, 2.45) is 49.2 Å². The molecule has 5 aliphatic rings. The van der Waals surface area contributed by atoms with Gasteiger partial charge in [-0.05, 0) is 104 Å². The second-order valence-electron chi connectivity index (χ2n) is 23.4. The van der Waals surface area contributed by atoms with E-state index in [1.165, 1.54) is 14.2 Å². The molecule has 0 amide bonds. The summed E-state index contributed by atoms with van der Waals surface area (Å²) >= 11 is 3.17. The molecule has 0 radical (unpaired) electrons. The van der Waals surface area contributed by atoms with E-state index in [4.69, 9.17) is 80.3 Å². The van der Waals surface area contributed by atoms with Crippen LogP contribution in [0.15, 0.2) is 55.9 Å². The molecule has 5 fully saturated rings. The molecule has 96 heavy (non-hydrogen) atoms. The summed E-state index contributed by atoms with van der Waals surface area (Å²) < 4.78 is 66.8. The number of benzene rings is 1. The molecule has 0 bridgehead atoms. The SMILES string of the molecule is CCS[C@H]1OC(C)[C@@H](N=[N+]=[N-])[C@H](C)C1O.CCS[C@H]1OC(C)[C@@H](N=[N+]=[N-])[C@H](C)C1O[C@H]1OC(C)[C@@H](N=[N+]=[N-])[C@H](C)C1OC(=O)c1ccccc1.COC(=O)CCCCCO[C@H]1OC(C)[C@@H](N=[N+]=[N-])[C@H](C)C1O.COC(=O)CCCCCO[C@H]1OC(C)[C@@H](N=[N+]=[N-])[C@H](O)C1OB=N. The third-order valence-corrected chi connectivity index (χ3v) is 19.0. The van der Waals surface area contributed by atoms with E-state index >= 15 is 0 Å².